The molecule has 1 nitrogen and oxygen atoms in total. The Bertz CT molecular complexity index is 384. The normalized spacial score (nSPS) is 11.1. The maximum absolute atomic E-state index is 13.1. The van der Waals surface area contributed by atoms with Crippen LogP contribution in [0, 0.1) is 17.1 Å². The van der Waals surface area contributed by atoms with Crippen LogP contribution in [0.2, 0.25) is 0 Å². The smallest absolute Gasteiger partial charge is 0.206 e. The van der Waals surface area contributed by atoms with Gasteiger partial charge in [-0.1, -0.05) is 15.9 Å². The van der Waals surface area contributed by atoms with Gasteiger partial charge in [-0.3, -0.25) is 0 Å². The molecule has 14 heavy (non-hydrogen) atoms. The molecule has 0 saturated heterocycles. The summed E-state index contributed by atoms with van der Waals surface area (Å²) >= 11 is 2.96. The van der Waals surface area contributed by atoms with E-state index in [0.29, 0.717) is 4.47 Å². The van der Waals surface area contributed by atoms with Crippen LogP contribution >= 0.6 is 15.9 Å². The van der Waals surface area contributed by atoms with Crippen molar-refractivity contribution in [3.63, 3.8) is 0 Å². The fourth-order valence-electron chi connectivity index (χ4n) is 0.972. The third-order valence-electron chi connectivity index (χ3n) is 1.62. The Kier molecular flexibility index (Phi) is 3.17. The molecule has 0 aliphatic heterocycles. The second-order valence-electron chi connectivity index (χ2n) is 2.66. The van der Waals surface area contributed by atoms with Crippen LogP contribution in [0.4, 0.5) is 13.2 Å². The van der Waals surface area contributed by atoms with Gasteiger partial charge in [0, 0.05) is 4.47 Å². The Morgan fingerprint density at radius 2 is 2.07 bits per heavy atom. The molecule has 1 rings (SSSR count). The molecule has 0 spiro atoms. The van der Waals surface area contributed by atoms with Gasteiger partial charge in [-0.25, -0.2) is 13.2 Å². The summed E-state index contributed by atoms with van der Waals surface area (Å²) in [6.45, 7) is 0. The first-order chi connectivity index (χ1) is 6.47. The average molecular weight is 264 g/mol. The highest BCUT2D eigenvalue weighted by Gasteiger charge is 2.34. The highest BCUT2D eigenvalue weighted by Crippen LogP contribution is 2.34. The quantitative estimate of drug-likeness (QED) is 0.800. The Morgan fingerprint density at radius 1 is 1.43 bits per heavy atom. The van der Waals surface area contributed by atoms with Gasteiger partial charge in [-0.2, -0.15) is 5.26 Å². The van der Waals surface area contributed by atoms with Crippen LogP contribution in [0.15, 0.2) is 22.7 Å². The number of nitrogens with zero attached hydrogens (tertiary/aromatic N) is 1. The highest BCUT2D eigenvalue weighted by molar-refractivity contribution is 9.10. The topological polar surface area (TPSA) is 23.8 Å². The van der Waals surface area contributed by atoms with Crippen molar-refractivity contribution in [3.8, 4) is 6.07 Å². The molecule has 1 aromatic carbocycles. The fraction of sp³-hybridized carbons (Fsp3) is 0.222. The van der Waals surface area contributed by atoms with Crippen molar-refractivity contribution in [1.29, 1.82) is 5.26 Å². The molecule has 0 aromatic heterocycles. The van der Waals surface area contributed by atoms with Crippen LogP contribution in [0.25, 0.3) is 0 Å². The van der Waals surface area contributed by atoms with E-state index in [-0.39, 0.29) is 0 Å². The zero-order valence-corrected chi connectivity index (χ0v) is 8.48. The van der Waals surface area contributed by atoms with Crippen molar-refractivity contribution in [2.75, 3.05) is 0 Å². The second kappa shape index (κ2) is 4.01. The molecule has 0 aliphatic carbocycles. The Balaban J connectivity index is 3.18. The zero-order chi connectivity index (χ0) is 10.8. The highest BCUT2D eigenvalue weighted by atomic mass is 79.9. The van der Waals surface area contributed by atoms with E-state index in [2.05, 4.69) is 15.9 Å². The van der Waals surface area contributed by atoms with Gasteiger partial charge in [-0.15, -0.1) is 0 Å². The number of hydrogen-bond acceptors (Lipinski definition) is 1. The number of hydrogen-bond donors (Lipinski definition) is 0. The molecule has 0 atom stereocenters. The molecular formula is C9H5BrF3N. The third-order valence-corrected chi connectivity index (χ3v) is 2.12. The lowest BCUT2D eigenvalue weighted by Crippen LogP contribution is -2.14. The van der Waals surface area contributed by atoms with Crippen molar-refractivity contribution in [2.45, 2.75) is 12.3 Å². The second-order valence-corrected chi connectivity index (χ2v) is 3.58. The number of rotatable bonds is 2. The van der Waals surface area contributed by atoms with Crippen molar-refractivity contribution >= 4 is 15.9 Å². The summed E-state index contributed by atoms with van der Waals surface area (Å²) in [6, 6.07) is 4.56. The molecule has 74 valence electrons. The van der Waals surface area contributed by atoms with Gasteiger partial charge in [0.25, 0.3) is 5.92 Å². The monoisotopic (exact) mass is 263 g/mol. The van der Waals surface area contributed by atoms with E-state index in [9.17, 15) is 13.2 Å². The molecule has 0 fully saturated rings. The predicted octanol–water partition coefficient (Wildman–Crippen LogP) is 3.59. The van der Waals surface area contributed by atoms with Crippen LogP contribution in [0.5, 0.6) is 0 Å². The van der Waals surface area contributed by atoms with Gasteiger partial charge in [0.2, 0.25) is 0 Å². The van der Waals surface area contributed by atoms with Crippen LogP contribution in [0.3, 0.4) is 0 Å². The fourth-order valence-corrected chi connectivity index (χ4v) is 1.33. The first-order valence-electron chi connectivity index (χ1n) is 3.67. The Morgan fingerprint density at radius 3 is 2.64 bits per heavy atom. The molecule has 0 radical (unpaired) electrons. The van der Waals surface area contributed by atoms with E-state index < -0.39 is 23.7 Å². The largest absolute Gasteiger partial charge is 0.288 e. The summed E-state index contributed by atoms with van der Waals surface area (Å²) in [7, 11) is 0. The first kappa shape index (κ1) is 11.1. The Hall–Kier alpha value is -1.02. The van der Waals surface area contributed by atoms with Gasteiger partial charge in [0.05, 0.1) is 11.6 Å². The van der Waals surface area contributed by atoms with Gasteiger partial charge in [0.1, 0.15) is 12.2 Å². The Labute approximate surface area is 87.3 Å². The number of nitriles is 1. The SMILES string of the molecule is N#CCC(F)(F)c1cc(Br)ccc1F. The predicted molar refractivity (Wildman–Crippen MR) is 48.2 cm³/mol. The van der Waals surface area contributed by atoms with E-state index in [1.807, 2.05) is 0 Å². The van der Waals surface area contributed by atoms with E-state index in [4.69, 9.17) is 5.26 Å². The molecule has 0 N–H and O–H groups in total. The van der Waals surface area contributed by atoms with Gasteiger partial charge >= 0.3 is 0 Å². The lowest BCUT2D eigenvalue weighted by molar-refractivity contribution is -0.00265. The third kappa shape index (κ3) is 2.26. The zero-order valence-electron chi connectivity index (χ0n) is 6.90. The summed E-state index contributed by atoms with van der Waals surface area (Å²) < 4.78 is 39.6. The van der Waals surface area contributed by atoms with E-state index >= 15 is 0 Å². The maximum atomic E-state index is 13.1. The van der Waals surface area contributed by atoms with Crippen molar-refractivity contribution in [2.24, 2.45) is 0 Å². The van der Waals surface area contributed by atoms with Crippen LogP contribution in [-0.4, -0.2) is 0 Å². The number of halogens is 4. The van der Waals surface area contributed by atoms with Gasteiger partial charge in [0.15, 0.2) is 0 Å². The van der Waals surface area contributed by atoms with E-state index in [1.54, 1.807) is 0 Å². The minimum Gasteiger partial charge on any atom is -0.206 e. The first-order valence-corrected chi connectivity index (χ1v) is 4.47. The van der Waals surface area contributed by atoms with Gasteiger partial charge < -0.3 is 0 Å². The average Bonchev–Trinajstić information content (AvgIpc) is 2.09. The minimum absolute atomic E-state index is 0.353. The van der Waals surface area contributed by atoms with Crippen molar-refractivity contribution in [3.05, 3.63) is 34.1 Å². The molecule has 0 unspecified atom stereocenters. The van der Waals surface area contributed by atoms with Crippen LogP contribution in [0.1, 0.15) is 12.0 Å². The molecule has 1 aromatic rings. The summed E-state index contributed by atoms with van der Waals surface area (Å²) in [5.74, 6) is -4.45. The molecule has 0 aliphatic rings. The van der Waals surface area contributed by atoms with E-state index in [1.165, 1.54) is 12.1 Å². The summed E-state index contributed by atoms with van der Waals surface area (Å²) in [5, 5.41) is 8.16. The summed E-state index contributed by atoms with van der Waals surface area (Å²) in [5.41, 5.74) is -0.756. The van der Waals surface area contributed by atoms with Crippen molar-refractivity contribution in [1.82, 2.24) is 0 Å². The molecule has 5 heteroatoms. The van der Waals surface area contributed by atoms with Crippen molar-refractivity contribution < 1.29 is 13.2 Å². The maximum Gasteiger partial charge on any atom is 0.288 e. The summed E-state index contributed by atoms with van der Waals surface area (Å²) in [4.78, 5) is 0. The molecule has 0 heterocycles. The summed E-state index contributed by atoms with van der Waals surface area (Å²) in [6.07, 6.45) is -1.03. The molecule has 0 saturated carbocycles. The van der Waals surface area contributed by atoms with E-state index in [0.717, 1.165) is 12.1 Å². The van der Waals surface area contributed by atoms with Crippen LogP contribution < -0.4 is 0 Å². The lowest BCUT2D eigenvalue weighted by atomic mass is 10.1. The molecular weight excluding hydrogens is 259 g/mol. The van der Waals surface area contributed by atoms with Gasteiger partial charge in [-0.05, 0) is 18.2 Å². The lowest BCUT2D eigenvalue weighted by Gasteiger charge is -2.13. The number of benzene rings is 1. The molecule has 0 bridgehead atoms. The van der Waals surface area contributed by atoms with Crippen LogP contribution in [-0.2, 0) is 5.92 Å². The standard InChI is InChI=1S/C9H5BrF3N/c10-6-1-2-8(11)7(5-6)9(12,13)3-4-14/h1-2,5H,3H2. The number of alkyl halides is 2. The minimum atomic E-state index is -3.44. The molecule has 0 amide bonds.